The van der Waals surface area contributed by atoms with Crippen molar-refractivity contribution in [2.75, 3.05) is 31.6 Å². The number of para-hydroxylation sites is 1. The summed E-state index contributed by atoms with van der Waals surface area (Å²) >= 11 is 0. The Kier molecular flexibility index (Phi) is 6.52. The summed E-state index contributed by atoms with van der Waals surface area (Å²) in [5.74, 6) is 1.10. The van der Waals surface area contributed by atoms with Gasteiger partial charge in [-0.1, -0.05) is 30.3 Å². The van der Waals surface area contributed by atoms with Crippen LogP contribution in [0.3, 0.4) is 0 Å². The maximum atomic E-state index is 13.0. The molecule has 0 spiro atoms. The second-order valence-corrected chi connectivity index (χ2v) is 7.13. The van der Waals surface area contributed by atoms with E-state index in [1.54, 1.807) is 7.11 Å². The van der Waals surface area contributed by atoms with Crippen molar-refractivity contribution < 1.29 is 9.53 Å². The second-order valence-electron chi connectivity index (χ2n) is 7.13. The largest absolute Gasteiger partial charge is 0.372 e. The lowest BCUT2D eigenvalue weighted by molar-refractivity contribution is -0.128. The van der Waals surface area contributed by atoms with Crippen LogP contribution in [-0.2, 0) is 16.0 Å². The van der Waals surface area contributed by atoms with Crippen molar-refractivity contribution in [1.82, 2.24) is 25.5 Å². The van der Waals surface area contributed by atoms with Crippen LogP contribution in [-0.4, -0.2) is 70.3 Å². The molecule has 0 aliphatic carbocycles. The first kappa shape index (κ1) is 19.4. The van der Waals surface area contributed by atoms with Gasteiger partial charge < -0.3 is 14.5 Å². The van der Waals surface area contributed by atoms with E-state index >= 15 is 0 Å². The molecule has 2 heterocycles. The smallest absolute Gasteiger partial charge is 0.256 e. The van der Waals surface area contributed by atoms with Gasteiger partial charge in [0.15, 0.2) is 5.82 Å². The Morgan fingerprint density at radius 1 is 1.41 bits per heavy atom. The highest BCUT2D eigenvalue weighted by Crippen LogP contribution is 2.28. The fraction of sp³-hybridized carbons (Fsp3) is 0.579. The quantitative estimate of drug-likeness (QED) is 0.793. The highest BCUT2D eigenvalue weighted by molar-refractivity contribution is 5.97. The summed E-state index contributed by atoms with van der Waals surface area (Å²) in [6, 6.07) is 10.1. The molecule has 3 atom stereocenters. The summed E-state index contributed by atoms with van der Waals surface area (Å²) in [7, 11) is 1.58. The molecule has 1 aromatic carbocycles. The number of tetrazole rings is 1. The first-order valence-corrected chi connectivity index (χ1v) is 9.45. The van der Waals surface area contributed by atoms with E-state index < -0.39 is 6.10 Å². The molecule has 0 saturated carbocycles. The Bertz CT molecular complexity index is 708. The number of benzene rings is 1. The average Bonchev–Trinajstić information content (AvgIpc) is 3.22. The third-order valence-electron chi connectivity index (χ3n) is 5.29. The van der Waals surface area contributed by atoms with Crippen LogP contribution in [0.15, 0.2) is 30.3 Å². The lowest BCUT2D eigenvalue weighted by atomic mass is 9.91. The number of carbonyl (C=O) groups excluding carboxylic acids is 1. The van der Waals surface area contributed by atoms with E-state index in [4.69, 9.17) is 4.74 Å². The average molecular weight is 372 g/mol. The summed E-state index contributed by atoms with van der Waals surface area (Å²) < 4.78 is 5.32. The number of hydrogen-bond donors (Lipinski definition) is 1. The van der Waals surface area contributed by atoms with E-state index in [1.165, 1.54) is 0 Å². The number of nitrogens with one attached hydrogen (secondary N) is 1. The van der Waals surface area contributed by atoms with Crippen molar-refractivity contribution in [2.24, 2.45) is 5.92 Å². The topological polar surface area (TPSA) is 87.2 Å². The number of aromatic amines is 1. The van der Waals surface area contributed by atoms with Crippen LogP contribution in [0, 0.1) is 5.92 Å². The molecule has 1 aromatic heterocycles. The molecular weight excluding hydrogens is 344 g/mol. The molecule has 146 valence electrons. The zero-order valence-electron chi connectivity index (χ0n) is 16.2. The molecule has 1 amide bonds. The Hall–Kier alpha value is -2.32. The van der Waals surface area contributed by atoms with E-state index in [9.17, 15) is 4.79 Å². The Balaban J connectivity index is 1.69. The molecule has 0 bridgehead atoms. The first-order valence-electron chi connectivity index (χ1n) is 9.45. The van der Waals surface area contributed by atoms with Gasteiger partial charge >= 0.3 is 0 Å². The number of methoxy groups -OCH3 is 1. The Morgan fingerprint density at radius 3 is 2.81 bits per heavy atom. The third kappa shape index (κ3) is 4.70. The fourth-order valence-electron chi connectivity index (χ4n) is 3.72. The number of carbonyl (C=O) groups is 1. The first-order chi connectivity index (χ1) is 13.1. The molecule has 1 fully saturated rings. The number of anilines is 1. The van der Waals surface area contributed by atoms with Crippen molar-refractivity contribution in [3.63, 3.8) is 0 Å². The number of aromatic nitrogens is 4. The van der Waals surface area contributed by atoms with Gasteiger partial charge in [-0.15, -0.1) is 10.2 Å². The van der Waals surface area contributed by atoms with Crippen molar-refractivity contribution in [2.45, 2.75) is 38.8 Å². The SMILES string of the molecule is COC(C)C(=O)N(c1ccccc1)[C@H]1CCN(CCc2nn[nH]n2)C[C@@H]1C. The van der Waals surface area contributed by atoms with E-state index in [2.05, 4.69) is 32.4 Å². The number of rotatable bonds is 7. The van der Waals surface area contributed by atoms with Gasteiger partial charge in [0, 0.05) is 44.9 Å². The van der Waals surface area contributed by atoms with Crippen LogP contribution in [0.1, 0.15) is 26.1 Å². The van der Waals surface area contributed by atoms with Crippen molar-refractivity contribution in [3.05, 3.63) is 36.2 Å². The van der Waals surface area contributed by atoms with E-state index in [-0.39, 0.29) is 11.9 Å². The summed E-state index contributed by atoms with van der Waals surface area (Å²) in [6.07, 6.45) is 1.23. The summed E-state index contributed by atoms with van der Waals surface area (Å²) in [6.45, 7) is 6.78. The van der Waals surface area contributed by atoms with Gasteiger partial charge in [0.25, 0.3) is 5.91 Å². The summed E-state index contributed by atoms with van der Waals surface area (Å²) in [5, 5.41) is 14.1. The predicted octanol–water partition coefficient (Wildman–Crippen LogP) is 1.52. The van der Waals surface area contributed by atoms with Gasteiger partial charge in [0.2, 0.25) is 0 Å². The van der Waals surface area contributed by atoms with Gasteiger partial charge in [0.05, 0.1) is 0 Å². The maximum Gasteiger partial charge on any atom is 0.256 e. The minimum Gasteiger partial charge on any atom is -0.372 e. The molecule has 2 aromatic rings. The predicted molar refractivity (Wildman–Crippen MR) is 102 cm³/mol. The Labute approximate surface area is 159 Å². The molecule has 8 heteroatoms. The number of ether oxygens (including phenoxy) is 1. The molecular formula is C19H28N6O2. The molecule has 27 heavy (non-hydrogen) atoms. The monoisotopic (exact) mass is 372 g/mol. The van der Waals surface area contributed by atoms with Crippen LogP contribution in [0.4, 0.5) is 5.69 Å². The van der Waals surface area contributed by atoms with Crippen LogP contribution < -0.4 is 4.90 Å². The molecule has 1 saturated heterocycles. The van der Waals surface area contributed by atoms with Crippen molar-refractivity contribution in [1.29, 1.82) is 0 Å². The molecule has 8 nitrogen and oxygen atoms in total. The molecule has 1 unspecified atom stereocenters. The lowest BCUT2D eigenvalue weighted by Crippen LogP contribution is -2.54. The van der Waals surface area contributed by atoms with Crippen molar-refractivity contribution in [3.8, 4) is 0 Å². The minimum absolute atomic E-state index is 0.0146. The van der Waals surface area contributed by atoms with Crippen LogP contribution in [0.5, 0.6) is 0 Å². The highest BCUT2D eigenvalue weighted by atomic mass is 16.5. The highest BCUT2D eigenvalue weighted by Gasteiger charge is 2.35. The standard InChI is InChI=1S/C19H28N6O2/c1-14-13-24(12-10-18-20-22-23-21-18)11-9-17(14)25(19(26)15(2)27-3)16-7-5-4-6-8-16/h4-8,14-15,17H,9-13H2,1-3H3,(H,20,21,22,23)/t14-,15?,17-/m0/s1. The molecule has 0 radical (unpaired) electrons. The number of nitrogens with zero attached hydrogens (tertiary/aromatic N) is 5. The van der Waals surface area contributed by atoms with Crippen LogP contribution in [0.2, 0.25) is 0 Å². The number of amides is 1. The number of piperidine rings is 1. The van der Waals surface area contributed by atoms with E-state index in [1.807, 2.05) is 42.2 Å². The Morgan fingerprint density at radius 2 is 2.19 bits per heavy atom. The van der Waals surface area contributed by atoms with Gasteiger partial charge in [-0.05, 0) is 31.4 Å². The minimum atomic E-state index is -0.464. The molecule has 1 N–H and O–H groups in total. The molecule has 1 aliphatic heterocycles. The van der Waals surface area contributed by atoms with Gasteiger partial charge in [-0.2, -0.15) is 5.21 Å². The summed E-state index contributed by atoms with van der Waals surface area (Å²) in [4.78, 5) is 17.4. The van der Waals surface area contributed by atoms with E-state index in [0.29, 0.717) is 5.92 Å². The molecule has 1 aliphatic rings. The van der Waals surface area contributed by atoms with Crippen molar-refractivity contribution >= 4 is 11.6 Å². The van der Waals surface area contributed by atoms with Gasteiger partial charge in [0.1, 0.15) is 6.10 Å². The van der Waals surface area contributed by atoms with Gasteiger partial charge in [-0.25, -0.2) is 0 Å². The lowest BCUT2D eigenvalue weighted by Gasteiger charge is -2.43. The van der Waals surface area contributed by atoms with Crippen LogP contribution in [0.25, 0.3) is 0 Å². The number of H-pyrrole nitrogens is 1. The molecule has 3 rings (SSSR count). The number of likely N-dealkylation sites (tertiary alicyclic amines) is 1. The zero-order valence-corrected chi connectivity index (χ0v) is 16.2. The fourth-order valence-corrected chi connectivity index (χ4v) is 3.72. The second kappa shape index (κ2) is 9.05. The third-order valence-corrected chi connectivity index (χ3v) is 5.29. The zero-order chi connectivity index (χ0) is 19.2. The van der Waals surface area contributed by atoms with Crippen LogP contribution >= 0.6 is 0 Å². The van der Waals surface area contributed by atoms with Gasteiger partial charge in [-0.3, -0.25) is 4.79 Å². The normalized spacial score (nSPS) is 21.7. The van der Waals surface area contributed by atoms with E-state index in [0.717, 1.165) is 44.0 Å². The summed E-state index contributed by atoms with van der Waals surface area (Å²) in [5.41, 5.74) is 0.934. The number of hydrogen-bond acceptors (Lipinski definition) is 6. The maximum absolute atomic E-state index is 13.0.